The van der Waals surface area contributed by atoms with Gasteiger partial charge in [-0.05, 0) is 32.8 Å². The van der Waals surface area contributed by atoms with Crippen molar-refractivity contribution in [2.75, 3.05) is 18.5 Å². The van der Waals surface area contributed by atoms with Crippen molar-refractivity contribution in [3.8, 4) is 10.6 Å². The Hall–Kier alpha value is -2.46. The second-order valence-corrected chi connectivity index (χ2v) is 8.05. The Balaban J connectivity index is 1.80. The van der Waals surface area contributed by atoms with Crippen LogP contribution < -0.4 is 11.1 Å². The smallest absolute Gasteiger partial charge is 0.404 e. The number of carbonyl (C=O) groups excluding carboxylic acids is 2. The summed E-state index contributed by atoms with van der Waals surface area (Å²) in [5.74, 6) is -0.236. The standard InChI is InChI=1S/C17H21ClN6O3S/c1-9(2)21-12-6-13(18)20-7-11(12)14-22-23-15(28-14)16(25)24-5-3-4-10(24)8-27-17(19)26/h6-7,9-10H,3-5,8H2,1-2H3,(H2,19,26)(H,20,21). The van der Waals surface area contributed by atoms with Crippen molar-refractivity contribution >= 4 is 40.6 Å². The first kappa shape index (κ1) is 20.3. The lowest BCUT2D eigenvalue weighted by Crippen LogP contribution is -2.39. The fourth-order valence-corrected chi connectivity index (χ4v) is 4.01. The van der Waals surface area contributed by atoms with Gasteiger partial charge in [0.1, 0.15) is 11.8 Å². The van der Waals surface area contributed by atoms with Crippen LogP contribution in [0, 0.1) is 0 Å². The number of carbonyl (C=O) groups is 2. The normalized spacial score (nSPS) is 16.4. The van der Waals surface area contributed by atoms with Gasteiger partial charge in [-0.15, -0.1) is 10.2 Å². The number of rotatable bonds is 6. The van der Waals surface area contributed by atoms with Gasteiger partial charge in [0.05, 0.1) is 11.6 Å². The maximum atomic E-state index is 12.9. The molecule has 150 valence electrons. The highest BCUT2D eigenvalue weighted by Crippen LogP contribution is 2.32. The Morgan fingerprint density at radius 3 is 2.96 bits per heavy atom. The minimum atomic E-state index is -0.849. The molecule has 0 bridgehead atoms. The number of ether oxygens (including phenoxy) is 1. The molecule has 1 aliphatic heterocycles. The molecule has 0 spiro atoms. The minimum absolute atomic E-state index is 0.0797. The molecule has 3 heterocycles. The first-order chi connectivity index (χ1) is 13.3. The zero-order valence-corrected chi connectivity index (χ0v) is 17.1. The van der Waals surface area contributed by atoms with Gasteiger partial charge in [0.2, 0.25) is 5.01 Å². The number of anilines is 1. The van der Waals surface area contributed by atoms with Crippen LogP contribution in [0.15, 0.2) is 12.3 Å². The highest BCUT2D eigenvalue weighted by molar-refractivity contribution is 7.16. The second kappa shape index (κ2) is 8.70. The summed E-state index contributed by atoms with van der Waals surface area (Å²) in [6.45, 7) is 4.67. The highest BCUT2D eigenvalue weighted by Gasteiger charge is 2.32. The Bertz CT molecular complexity index is 874. The Morgan fingerprint density at radius 2 is 2.25 bits per heavy atom. The molecule has 2 aromatic heterocycles. The van der Waals surface area contributed by atoms with Gasteiger partial charge < -0.3 is 20.7 Å². The fourth-order valence-electron chi connectivity index (χ4n) is 3.03. The molecule has 1 aliphatic rings. The molecule has 0 aliphatic carbocycles. The summed E-state index contributed by atoms with van der Waals surface area (Å²) in [7, 11) is 0. The Kier molecular flexibility index (Phi) is 6.30. The molecule has 2 amide bonds. The maximum Gasteiger partial charge on any atom is 0.404 e. The number of nitrogens with one attached hydrogen (secondary N) is 1. The van der Waals surface area contributed by atoms with E-state index in [-0.39, 0.29) is 29.6 Å². The topological polar surface area (TPSA) is 123 Å². The molecule has 11 heteroatoms. The van der Waals surface area contributed by atoms with Crippen molar-refractivity contribution in [2.24, 2.45) is 5.73 Å². The summed E-state index contributed by atoms with van der Waals surface area (Å²) >= 11 is 7.19. The third kappa shape index (κ3) is 4.68. The number of halogens is 1. The average molecular weight is 425 g/mol. The highest BCUT2D eigenvalue weighted by atomic mass is 35.5. The van der Waals surface area contributed by atoms with Gasteiger partial charge >= 0.3 is 6.09 Å². The predicted molar refractivity (Wildman–Crippen MR) is 107 cm³/mol. The molecular weight excluding hydrogens is 404 g/mol. The van der Waals surface area contributed by atoms with Crippen LogP contribution in [-0.2, 0) is 4.74 Å². The first-order valence-corrected chi connectivity index (χ1v) is 10.0. The van der Waals surface area contributed by atoms with Crippen LogP contribution >= 0.6 is 22.9 Å². The van der Waals surface area contributed by atoms with Crippen molar-refractivity contribution in [3.05, 3.63) is 22.4 Å². The first-order valence-electron chi connectivity index (χ1n) is 8.84. The van der Waals surface area contributed by atoms with Gasteiger partial charge in [0, 0.05) is 24.5 Å². The molecule has 0 radical (unpaired) electrons. The SMILES string of the molecule is CC(C)Nc1cc(Cl)ncc1-c1nnc(C(=O)N2CCCC2COC(N)=O)s1. The minimum Gasteiger partial charge on any atom is -0.448 e. The van der Waals surface area contributed by atoms with Gasteiger partial charge in [-0.2, -0.15) is 0 Å². The maximum absolute atomic E-state index is 12.9. The van der Waals surface area contributed by atoms with Crippen LogP contribution in [0.3, 0.4) is 0 Å². The number of nitrogens with zero attached hydrogens (tertiary/aromatic N) is 4. The summed E-state index contributed by atoms with van der Waals surface area (Å²) in [5.41, 5.74) is 6.53. The lowest BCUT2D eigenvalue weighted by Gasteiger charge is -2.22. The lowest BCUT2D eigenvalue weighted by molar-refractivity contribution is 0.0645. The molecular formula is C17H21ClN6O3S. The Morgan fingerprint density at radius 1 is 1.46 bits per heavy atom. The van der Waals surface area contributed by atoms with Crippen LogP contribution in [-0.4, -0.2) is 57.3 Å². The molecule has 0 saturated carbocycles. The monoisotopic (exact) mass is 424 g/mol. The van der Waals surface area contributed by atoms with Gasteiger partial charge in [-0.1, -0.05) is 22.9 Å². The molecule has 1 fully saturated rings. The predicted octanol–water partition coefficient (Wildman–Crippen LogP) is 2.77. The molecule has 3 rings (SSSR count). The van der Waals surface area contributed by atoms with E-state index in [1.165, 1.54) is 11.3 Å². The summed E-state index contributed by atoms with van der Waals surface area (Å²) < 4.78 is 4.86. The summed E-state index contributed by atoms with van der Waals surface area (Å²) in [6, 6.07) is 1.70. The van der Waals surface area contributed by atoms with E-state index in [9.17, 15) is 9.59 Å². The third-order valence-corrected chi connectivity index (χ3v) is 5.36. The number of amides is 2. The van der Waals surface area contributed by atoms with Gasteiger partial charge in [0.25, 0.3) is 5.91 Å². The lowest BCUT2D eigenvalue weighted by atomic mass is 10.2. The van der Waals surface area contributed by atoms with Gasteiger partial charge in [-0.3, -0.25) is 4.79 Å². The van der Waals surface area contributed by atoms with E-state index in [1.807, 2.05) is 13.8 Å². The second-order valence-electron chi connectivity index (χ2n) is 6.69. The zero-order chi connectivity index (χ0) is 20.3. The number of pyridine rings is 1. The zero-order valence-electron chi connectivity index (χ0n) is 15.5. The molecule has 3 N–H and O–H groups in total. The largest absolute Gasteiger partial charge is 0.448 e. The molecule has 0 aromatic carbocycles. The van der Waals surface area contributed by atoms with E-state index in [4.69, 9.17) is 22.1 Å². The van der Waals surface area contributed by atoms with E-state index < -0.39 is 6.09 Å². The molecule has 1 atom stereocenters. The third-order valence-electron chi connectivity index (χ3n) is 4.21. The van der Waals surface area contributed by atoms with Crippen molar-refractivity contribution < 1.29 is 14.3 Å². The fraction of sp³-hybridized carbons (Fsp3) is 0.471. The molecule has 9 nitrogen and oxygen atoms in total. The van der Waals surface area contributed by atoms with E-state index in [2.05, 4.69) is 20.5 Å². The van der Waals surface area contributed by atoms with Gasteiger partial charge in [0.15, 0.2) is 5.01 Å². The summed E-state index contributed by atoms with van der Waals surface area (Å²) in [6.07, 6.45) is 2.33. The van der Waals surface area contributed by atoms with Gasteiger partial charge in [-0.25, -0.2) is 9.78 Å². The van der Waals surface area contributed by atoms with E-state index in [0.717, 1.165) is 24.1 Å². The quantitative estimate of drug-likeness (QED) is 0.683. The molecule has 1 unspecified atom stereocenters. The molecule has 1 saturated heterocycles. The van der Waals surface area contributed by atoms with Crippen LogP contribution in [0.5, 0.6) is 0 Å². The van der Waals surface area contributed by atoms with E-state index in [0.29, 0.717) is 16.7 Å². The number of aromatic nitrogens is 3. The van der Waals surface area contributed by atoms with E-state index in [1.54, 1.807) is 17.2 Å². The number of hydrogen-bond acceptors (Lipinski definition) is 8. The summed E-state index contributed by atoms with van der Waals surface area (Å²) in [5, 5.41) is 12.7. The van der Waals surface area contributed by atoms with Crippen molar-refractivity contribution in [2.45, 2.75) is 38.8 Å². The van der Waals surface area contributed by atoms with Crippen molar-refractivity contribution in [3.63, 3.8) is 0 Å². The van der Waals surface area contributed by atoms with E-state index >= 15 is 0 Å². The summed E-state index contributed by atoms with van der Waals surface area (Å²) in [4.78, 5) is 29.5. The van der Waals surface area contributed by atoms with Crippen LogP contribution in [0.1, 0.15) is 36.5 Å². The van der Waals surface area contributed by atoms with Crippen LogP contribution in [0.4, 0.5) is 10.5 Å². The van der Waals surface area contributed by atoms with Crippen LogP contribution in [0.2, 0.25) is 5.15 Å². The average Bonchev–Trinajstić information content (AvgIpc) is 3.28. The van der Waals surface area contributed by atoms with Crippen molar-refractivity contribution in [1.82, 2.24) is 20.1 Å². The number of nitrogens with two attached hydrogens (primary N) is 1. The molecule has 28 heavy (non-hydrogen) atoms. The Labute approximate surface area is 171 Å². The van der Waals surface area contributed by atoms with Crippen molar-refractivity contribution in [1.29, 1.82) is 0 Å². The van der Waals surface area contributed by atoms with Crippen LogP contribution in [0.25, 0.3) is 10.6 Å². The molecule has 2 aromatic rings. The number of primary amides is 1. The number of likely N-dealkylation sites (tertiary alicyclic amines) is 1. The number of hydrogen-bond donors (Lipinski definition) is 2.